The summed E-state index contributed by atoms with van der Waals surface area (Å²) in [5.41, 5.74) is 0.118. The van der Waals surface area contributed by atoms with Gasteiger partial charge in [-0.2, -0.15) is 13.2 Å². The lowest BCUT2D eigenvalue weighted by Crippen LogP contribution is -2.42. The fourth-order valence-corrected chi connectivity index (χ4v) is 3.06. The van der Waals surface area contributed by atoms with Gasteiger partial charge >= 0.3 is 12.1 Å². The molecular weight excluding hydrogens is 363 g/mol. The maximum Gasteiger partial charge on any atom is 0.471 e. The van der Waals surface area contributed by atoms with Crippen LogP contribution in [0.2, 0.25) is 0 Å². The third-order valence-corrected chi connectivity index (χ3v) is 4.65. The number of nitrogens with one attached hydrogen (secondary N) is 1. The predicted molar refractivity (Wildman–Crippen MR) is 93.5 cm³/mol. The average molecular weight is 387 g/mol. The van der Waals surface area contributed by atoms with Crippen LogP contribution in [0.4, 0.5) is 13.2 Å². The third kappa shape index (κ3) is 6.34. The molecular formula is C19H24F3NO4. The number of hydrogen-bond acceptors (Lipinski definition) is 4. The van der Waals surface area contributed by atoms with Crippen molar-refractivity contribution in [3.05, 3.63) is 41.5 Å². The normalized spacial score (nSPS) is 19.6. The first-order valence-corrected chi connectivity index (χ1v) is 8.83. The monoisotopic (exact) mass is 387 g/mol. The molecule has 0 spiro atoms. The minimum Gasteiger partial charge on any atom is -0.388 e. The van der Waals surface area contributed by atoms with Gasteiger partial charge in [-0.15, -0.1) is 0 Å². The standard InChI is InChI=1S/C19H24F3NO4/c20-19(21,22)17(26)23-12-15(24)16(25)14-6-4-5-13(11-14)7-10-18(27)8-2-1-3-9-18/h4-7,10-11,15-16,24-25,27H,1-3,8-9,12H2,(H,23,26)/t15-,16-/m0/s1. The summed E-state index contributed by atoms with van der Waals surface area (Å²) in [4.78, 5) is 10.8. The van der Waals surface area contributed by atoms with E-state index in [2.05, 4.69) is 0 Å². The van der Waals surface area contributed by atoms with Crippen LogP contribution in [0.1, 0.15) is 49.3 Å². The number of carbonyl (C=O) groups is 1. The van der Waals surface area contributed by atoms with Crippen LogP contribution in [0.25, 0.3) is 6.08 Å². The number of amides is 1. The van der Waals surface area contributed by atoms with Crippen molar-refractivity contribution < 1.29 is 33.3 Å². The lowest BCUT2D eigenvalue weighted by Gasteiger charge is -2.28. The van der Waals surface area contributed by atoms with E-state index in [-0.39, 0.29) is 0 Å². The Labute approximate surface area is 155 Å². The fourth-order valence-electron chi connectivity index (χ4n) is 3.06. The summed E-state index contributed by atoms with van der Waals surface area (Å²) < 4.78 is 36.5. The highest BCUT2D eigenvalue weighted by atomic mass is 19.4. The Bertz CT molecular complexity index is 669. The molecule has 27 heavy (non-hydrogen) atoms. The Morgan fingerprint density at radius 3 is 2.52 bits per heavy atom. The zero-order valence-corrected chi connectivity index (χ0v) is 14.7. The Hall–Kier alpha value is -1.90. The van der Waals surface area contributed by atoms with Crippen molar-refractivity contribution in [1.29, 1.82) is 0 Å². The Balaban J connectivity index is 1.99. The molecule has 1 aliphatic rings. The van der Waals surface area contributed by atoms with Gasteiger partial charge in [0, 0.05) is 6.54 Å². The van der Waals surface area contributed by atoms with Crippen molar-refractivity contribution in [2.75, 3.05) is 6.54 Å². The van der Waals surface area contributed by atoms with Crippen LogP contribution in [0, 0.1) is 0 Å². The summed E-state index contributed by atoms with van der Waals surface area (Å²) in [5.74, 6) is -2.17. The first-order chi connectivity index (χ1) is 12.6. The molecule has 0 radical (unpaired) electrons. The first-order valence-electron chi connectivity index (χ1n) is 8.83. The molecule has 0 aliphatic heterocycles. The van der Waals surface area contributed by atoms with E-state index in [1.165, 1.54) is 11.4 Å². The number of halogens is 3. The summed E-state index contributed by atoms with van der Waals surface area (Å²) in [6.07, 6.45) is -0.299. The Morgan fingerprint density at radius 2 is 1.89 bits per heavy atom. The van der Waals surface area contributed by atoms with E-state index in [9.17, 15) is 33.3 Å². The van der Waals surface area contributed by atoms with E-state index in [0.717, 1.165) is 19.3 Å². The van der Waals surface area contributed by atoms with Crippen molar-refractivity contribution >= 4 is 12.0 Å². The van der Waals surface area contributed by atoms with E-state index in [1.807, 2.05) is 0 Å². The number of aliphatic hydroxyl groups is 3. The van der Waals surface area contributed by atoms with Gasteiger partial charge in [0.1, 0.15) is 12.2 Å². The van der Waals surface area contributed by atoms with Gasteiger partial charge in [-0.3, -0.25) is 4.79 Å². The highest BCUT2D eigenvalue weighted by molar-refractivity contribution is 5.81. The van der Waals surface area contributed by atoms with Gasteiger partial charge < -0.3 is 20.6 Å². The average Bonchev–Trinajstić information content (AvgIpc) is 2.63. The lowest BCUT2D eigenvalue weighted by molar-refractivity contribution is -0.174. The second kappa shape index (κ2) is 8.86. The smallest absolute Gasteiger partial charge is 0.388 e. The summed E-state index contributed by atoms with van der Waals surface area (Å²) in [7, 11) is 0. The molecule has 0 bridgehead atoms. The molecule has 2 rings (SSSR count). The summed E-state index contributed by atoms with van der Waals surface area (Å²) in [5, 5.41) is 32.0. The van der Waals surface area contributed by atoms with Gasteiger partial charge in [0.2, 0.25) is 0 Å². The number of benzene rings is 1. The van der Waals surface area contributed by atoms with Crippen LogP contribution >= 0.6 is 0 Å². The fraction of sp³-hybridized carbons (Fsp3) is 0.526. The van der Waals surface area contributed by atoms with Gasteiger partial charge in [0.05, 0.1) is 5.60 Å². The molecule has 5 nitrogen and oxygen atoms in total. The zero-order chi connectivity index (χ0) is 20.1. The molecule has 0 heterocycles. The SMILES string of the molecule is O=C(NC[C@H](O)[C@@H](O)c1cccc(C=CC2(O)CCCCC2)c1)C(F)(F)F. The van der Waals surface area contributed by atoms with E-state index in [0.29, 0.717) is 24.0 Å². The van der Waals surface area contributed by atoms with E-state index in [4.69, 9.17) is 0 Å². The van der Waals surface area contributed by atoms with Crippen LogP contribution in [0.15, 0.2) is 30.3 Å². The molecule has 0 aromatic heterocycles. The minimum atomic E-state index is -5.05. The maximum atomic E-state index is 12.2. The van der Waals surface area contributed by atoms with Crippen LogP contribution in [-0.4, -0.2) is 45.7 Å². The number of rotatable bonds is 6. The summed E-state index contributed by atoms with van der Waals surface area (Å²) in [6.45, 7) is -0.737. The molecule has 2 atom stereocenters. The molecule has 4 N–H and O–H groups in total. The van der Waals surface area contributed by atoms with Gasteiger partial charge in [-0.25, -0.2) is 0 Å². The molecule has 1 aromatic carbocycles. The summed E-state index contributed by atoms with van der Waals surface area (Å²) in [6, 6.07) is 6.47. The van der Waals surface area contributed by atoms with Crippen LogP contribution in [0.5, 0.6) is 0 Å². The molecule has 1 aromatic rings. The van der Waals surface area contributed by atoms with E-state index < -0.39 is 36.4 Å². The highest BCUT2D eigenvalue weighted by Gasteiger charge is 2.38. The number of alkyl halides is 3. The Kier molecular flexibility index (Phi) is 7.02. The number of aliphatic hydroxyl groups excluding tert-OH is 2. The molecule has 1 saturated carbocycles. The van der Waals surface area contributed by atoms with Crippen molar-refractivity contribution in [3.63, 3.8) is 0 Å². The molecule has 0 saturated heterocycles. The van der Waals surface area contributed by atoms with Crippen molar-refractivity contribution in [1.82, 2.24) is 5.32 Å². The minimum absolute atomic E-state index is 0.293. The molecule has 1 fully saturated rings. The number of carbonyl (C=O) groups excluding carboxylic acids is 1. The van der Waals surface area contributed by atoms with Crippen LogP contribution < -0.4 is 5.32 Å². The zero-order valence-electron chi connectivity index (χ0n) is 14.7. The van der Waals surface area contributed by atoms with Crippen molar-refractivity contribution in [2.24, 2.45) is 0 Å². The third-order valence-electron chi connectivity index (χ3n) is 4.65. The van der Waals surface area contributed by atoms with Gasteiger partial charge in [0.15, 0.2) is 0 Å². The molecule has 1 aliphatic carbocycles. The Morgan fingerprint density at radius 1 is 1.22 bits per heavy atom. The van der Waals surface area contributed by atoms with Gasteiger partial charge in [0.25, 0.3) is 0 Å². The van der Waals surface area contributed by atoms with Gasteiger partial charge in [-0.1, -0.05) is 49.6 Å². The van der Waals surface area contributed by atoms with Crippen LogP contribution in [-0.2, 0) is 4.79 Å². The quantitative estimate of drug-likeness (QED) is 0.604. The van der Waals surface area contributed by atoms with E-state index in [1.54, 1.807) is 30.4 Å². The largest absolute Gasteiger partial charge is 0.471 e. The molecule has 0 unspecified atom stereocenters. The van der Waals surface area contributed by atoms with Gasteiger partial charge in [-0.05, 0) is 30.0 Å². The van der Waals surface area contributed by atoms with Crippen LogP contribution in [0.3, 0.4) is 0 Å². The molecule has 8 heteroatoms. The van der Waals surface area contributed by atoms with Crippen molar-refractivity contribution in [2.45, 2.75) is 56.1 Å². The second-order valence-corrected chi connectivity index (χ2v) is 6.89. The topological polar surface area (TPSA) is 89.8 Å². The lowest BCUT2D eigenvalue weighted by atomic mass is 9.84. The highest BCUT2D eigenvalue weighted by Crippen LogP contribution is 2.30. The molecule has 150 valence electrons. The van der Waals surface area contributed by atoms with Crippen molar-refractivity contribution in [3.8, 4) is 0 Å². The second-order valence-electron chi connectivity index (χ2n) is 6.89. The molecule has 1 amide bonds. The first kappa shape index (κ1) is 21.4. The number of hydrogen-bond donors (Lipinski definition) is 4. The van der Waals surface area contributed by atoms with E-state index >= 15 is 0 Å². The predicted octanol–water partition coefficient (Wildman–Crippen LogP) is 2.47. The summed E-state index contributed by atoms with van der Waals surface area (Å²) >= 11 is 0. The maximum absolute atomic E-state index is 12.2.